The summed E-state index contributed by atoms with van der Waals surface area (Å²) in [6.45, 7) is 5.63. The largest absolute Gasteiger partial charge is 0.494 e. The summed E-state index contributed by atoms with van der Waals surface area (Å²) in [7, 11) is 0. The van der Waals surface area contributed by atoms with E-state index >= 15 is 0 Å². The number of aryl methyl sites for hydroxylation is 1. The summed E-state index contributed by atoms with van der Waals surface area (Å²) in [5, 5.41) is 7.58. The Morgan fingerprint density at radius 2 is 1.86 bits per heavy atom. The van der Waals surface area contributed by atoms with Crippen LogP contribution in [-0.2, 0) is 6.54 Å². The second-order valence-electron chi connectivity index (χ2n) is 9.71. The molecule has 5 rings (SSSR count). The molecular weight excluding hydrogens is 464 g/mol. The molecule has 37 heavy (non-hydrogen) atoms. The van der Waals surface area contributed by atoms with Crippen LogP contribution in [0.3, 0.4) is 0 Å². The number of unbranched alkanes of at least 4 members (excludes halogenated alkanes) is 1. The van der Waals surface area contributed by atoms with E-state index < -0.39 is 11.5 Å². The number of aromatic nitrogens is 3. The van der Waals surface area contributed by atoms with E-state index in [4.69, 9.17) is 9.84 Å². The second kappa shape index (κ2) is 10.9. The molecule has 2 aromatic carbocycles. The van der Waals surface area contributed by atoms with Crippen molar-refractivity contribution in [3.63, 3.8) is 0 Å². The number of nitrogens with zero attached hydrogens (tertiary/aromatic N) is 2. The zero-order valence-electron chi connectivity index (χ0n) is 21.3. The van der Waals surface area contributed by atoms with Gasteiger partial charge in [-0.25, -0.2) is 0 Å². The number of rotatable bonds is 10. The third-order valence-corrected chi connectivity index (χ3v) is 6.56. The Kier molecular flexibility index (Phi) is 7.21. The standard InChI is InChI=1S/C30H32N4O3/c1-3-4-17-37-24-13-9-22(10-14-24)27-18-25(26-15-16-34(33-26)19-21-7-8-21)28(30(36)32-27)29(35)31-23-11-5-20(2)6-12-23/h5-6,9-16,18,21H,3-4,7-8,17,19H2,1-2H3,(H,31,35)(H,32,36). The highest BCUT2D eigenvalue weighted by molar-refractivity contribution is 6.08. The molecule has 7 nitrogen and oxygen atoms in total. The van der Waals surface area contributed by atoms with Gasteiger partial charge in [0.1, 0.15) is 11.3 Å². The maximum absolute atomic E-state index is 13.4. The summed E-state index contributed by atoms with van der Waals surface area (Å²) < 4.78 is 7.67. The summed E-state index contributed by atoms with van der Waals surface area (Å²) >= 11 is 0. The predicted octanol–water partition coefficient (Wildman–Crippen LogP) is 6.06. The monoisotopic (exact) mass is 496 g/mol. The normalized spacial score (nSPS) is 12.9. The van der Waals surface area contributed by atoms with E-state index in [-0.39, 0.29) is 5.56 Å². The Balaban J connectivity index is 1.50. The highest BCUT2D eigenvalue weighted by Gasteiger charge is 2.24. The number of carbonyl (C=O) groups excluding carboxylic acids is 1. The number of hydrogen-bond acceptors (Lipinski definition) is 4. The van der Waals surface area contributed by atoms with Gasteiger partial charge in [0.2, 0.25) is 0 Å². The van der Waals surface area contributed by atoms with Gasteiger partial charge in [0.05, 0.1) is 12.3 Å². The van der Waals surface area contributed by atoms with E-state index in [0.717, 1.165) is 36.3 Å². The van der Waals surface area contributed by atoms with Gasteiger partial charge in [-0.1, -0.05) is 31.0 Å². The molecule has 0 atom stereocenters. The first-order valence-electron chi connectivity index (χ1n) is 12.9. The summed E-state index contributed by atoms with van der Waals surface area (Å²) in [5.74, 6) is 0.973. The molecule has 0 aliphatic heterocycles. The van der Waals surface area contributed by atoms with Crippen molar-refractivity contribution in [2.75, 3.05) is 11.9 Å². The lowest BCUT2D eigenvalue weighted by Crippen LogP contribution is -2.25. The fraction of sp³-hybridized carbons (Fsp3) is 0.300. The summed E-state index contributed by atoms with van der Waals surface area (Å²) in [5.41, 5.74) is 3.83. The van der Waals surface area contributed by atoms with Crippen LogP contribution < -0.4 is 15.6 Å². The van der Waals surface area contributed by atoms with Crippen LogP contribution in [0.25, 0.3) is 22.5 Å². The molecular formula is C30H32N4O3. The zero-order chi connectivity index (χ0) is 25.8. The number of amides is 1. The lowest BCUT2D eigenvalue weighted by Gasteiger charge is -2.12. The van der Waals surface area contributed by atoms with Crippen LogP contribution in [0.2, 0.25) is 0 Å². The van der Waals surface area contributed by atoms with Crippen LogP contribution in [0.15, 0.2) is 71.7 Å². The van der Waals surface area contributed by atoms with Crippen LogP contribution >= 0.6 is 0 Å². The molecule has 0 unspecified atom stereocenters. The van der Waals surface area contributed by atoms with Gasteiger partial charge in [-0.2, -0.15) is 5.10 Å². The molecule has 0 spiro atoms. The maximum Gasteiger partial charge on any atom is 0.261 e. The lowest BCUT2D eigenvalue weighted by molar-refractivity contribution is 0.102. The Bertz CT molecular complexity index is 1430. The third kappa shape index (κ3) is 6.00. The Labute approximate surface area is 216 Å². The van der Waals surface area contributed by atoms with Crippen molar-refractivity contribution < 1.29 is 9.53 Å². The molecule has 7 heteroatoms. The van der Waals surface area contributed by atoms with Crippen LogP contribution in [0.4, 0.5) is 5.69 Å². The average molecular weight is 497 g/mol. The van der Waals surface area contributed by atoms with Crippen LogP contribution in [0.1, 0.15) is 48.5 Å². The second-order valence-corrected chi connectivity index (χ2v) is 9.71. The van der Waals surface area contributed by atoms with Gasteiger partial charge >= 0.3 is 0 Å². The quantitative estimate of drug-likeness (QED) is 0.261. The van der Waals surface area contributed by atoms with Crippen LogP contribution in [0, 0.1) is 12.8 Å². The van der Waals surface area contributed by atoms with Gasteiger partial charge in [0, 0.05) is 29.7 Å². The highest BCUT2D eigenvalue weighted by atomic mass is 16.5. The Hall–Kier alpha value is -4.13. The SMILES string of the molecule is CCCCOc1ccc(-c2cc(-c3ccn(CC4CC4)n3)c(C(=O)Nc3ccc(C)cc3)c(=O)[nH]2)cc1. The highest BCUT2D eigenvalue weighted by Crippen LogP contribution is 2.31. The summed E-state index contributed by atoms with van der Waals surface area (Å²) in [6.07, 6.45) is 6.41. The fourth-order valence-corrected chi connectivity index (χ4v) is 4.21. The van der Waals surface area contributed by atoms with E-state index in [1.165, 1.54) is 12.8 Å². The van der Waals surface area contributed by atoms with Gasteiger partial charge in [0.25, 0.3) is 11.5 Å². The number of nitrogens with one attached hydrogen (secondary N) is 2. The summed E-state index contributed by atoms with van der Waals surface area (Å²) in [4.78, 5) is 29.6. The van der Waals surface area contributed by atoms with Crippen molar-refractivity contribution in [1.82, 2.24) is 14.8 Å². The molecule has 2 N–H and O–H groups in total. The topological polar surface area (TPSA) is 89.0 Å². The number of hydrogen-bond donors (Lipinski definition) is 2. The van der Waals surface area contributed by atoms with E-state index in [9.17, 15) is 9.59 Å². The van der Waals surface area contributed by atoms with E-state index in [1.54, 1.807) is 0 Å². The molecule has 0 saturated heterocycles. The molecule has 0 bridgehead atoms. The van der Waals surface area contributed by atoms with E-state index in [1.807, 2.05) is 78.5 Å². The van der Waals surface area contributed by atoms with Crippen molar-refractivity contribution >= 4 is 11.6 Å². The number of carbonyl (C=O) groups is 1. The Morgan fingerprint density at radius 3 is 2.57 bits per heavy atom. The molecule has 1 amide bonds. The van der Waals surface area contributed by atoms with Gasteiger partial charge in [-0.05, 0) is 86.2 Å². The van der Waals surface area contributed by atoms with E-state index in [0.29, 0.717) is 35.2 Å². The maximum atomic E-state index is 13.4. The van der Waals surface area contributed by atoms with Crippen LogP contribution in [-0.4, -0.2) is 27.3 Å². The number of H-pyrrole nitrogens is 1. The molecule has 1 aliphatic rings. The molecule has 1 aliphatic carbocycles. The molecule has 2 aromatic heterocycles. The van der Waals surface area contributed by atoms with Crippen molar-refractivity contribution in [2.24, 2.45) is 5.92 Å². The number of aromatic amines is 1. The van der Waals surface area contributed by atoms with Crippen molar-refractivity contribution in [3.8, 4) is 28.3 Å². The van der Waals surface area contributed by atoms with Crippen molar-refractivity contribution in [2.45, 2.75) is 46.1 Å². The van der Waals surface area contributed by atoms with Crippen LogP contribution in [0.5, 0.6) is 5.75 Å². The van der Waals surface area contributed by atoms with Gasteiger partial charge in [-0.3, -0.25) is 14.3 Å². The zero-order valence-corrected chi connectivity index (χ0v) is 21.3. The first-order chi connectivity index (χ1) is 18.0. The van der Waals surface area contributed by atoms with E-state index in [2.05, 4.69) is 17.2 Å². The van der Waals surface area contributed by atoms with Gasteiger partial charge in [0.15, 0.2) is 0 Å². The average Bonchev–Trinajstić information content (AvgIpc) is 3.59. The predicted molar refractivity (Wildman–Crippen MR) is 146 cm³/mol. The van der Waals surface area contributed by atoms with Crippen molar-refractivity contribution in [1.29, 1.82) is 0 Å². The number of ether oxygens (including phenoxy) is 1. The first kappa shape index (κ1) is 24.6. The minimum atomic E-state index is -0.469. The molecule has 1 fully saturated rings. The Morgan fingerprint density at radius 1 is 1.11 bits per heavy atom. The van der Waals surface area contributed by atoms with Gasteiger partial charge in [-0.15, -0.1) is 0 Å². The van der Waals surface area contributed by atoms with Gasteiger partial charge < -0.3 is 15.0 Å². The number of anilines is 1. The number of benzene rings is 2. The molecule has 190 valence electrons. The smallest absolute Gasteiger partial charge is 0.261 e. The number of pyridine rings is 1. The lowest BCUT2D eigenvalue weighted by atomic mass is 10.0. The molecule has 4 aromatic rings. The summed E-state index contributed by atoms with van der Waals surface area (Å²) in [6, 6.07) is 18.8. The molecule has 2 heterocycles. The molecule has 0 radical (unpaired) electrons. The fourth-order valence-electron chi connectivity index (χ4n) is 4.21. The van der Waals surface area contributed by atoms with Crippen molar-refractivity contribution in [3.05, 3.63) is 88.3 Å². The first-order valence-corrected chi connectivity index (χ1v) is 12.9. The molecule has 1 saturated carbocycles. The third-order valence-electron chi connectivity index (χ3n) is 6.56. The minimum Gasteiger partial charge on any atom is -0.494 e. The minimum absolute atomic E-state index is 0.0421.